The van der Waals surface area contributed by atoms with Gasteiger partial charge in [0, 0.05) is 29.9 Å². The van der Waals surface area contributed by atoms with Gasteiger partial charge in [-0.3, -0.25) is 9.59 Å². The monoisotopic (exact) mass is 453 g/mol. The van der Waals surface area contributed by atoms with Crippen LogP contribution in [-0.4, -0.2) is 41.0 Å². The summed E-state index contributed by atoms with van der Waals surface area (Å²) in [7, 11) is 0. The highest BCUT2D eigenvalue weighted by Crippen LogP contribution is 2.34. The average Bonchev–Trinajstić information content (AvgIpc) is 3.12. The number of carbonyl (C=O) groups is 2. The first-order valence-electron chi connectivity index (χ1n) is 12.8. The molecule has 2 amide bonds. The zero-order valence-corrected chi connectivity index (χ0v) is 19.5. The Morgan fingerprint density at radius 2 is 1.88 bits per heavy atom. The summed E-state index contributed by atoms with van der Waals surface area (Å²) >= 11 is 0. The first-order valence-corrected chi connectivity index (χ1v) is 12.8. The van der Waals surface area contributed by atoms with Gasteiger partial charge in [-0.1, -0.05) is 44.4 Å². The van der Waals surface area contributed by atoms with E-state index in [2.05, 4.69) is 23.3 Å². The molecule has 1 unspecified atom stereocenters. The number of piperidine rings is 1. The van der Waals surface area contributed by atoms with Crippen molar-refractivity contribution in [3.8, 4) is 0 Å². The highest BCUT2D eigenvalue weighted by Gasteiger charge is 2.39. The van der Waals surface area contributed by atoms with Crippen molar-refractivity contribution in [2.24, 2.45) is 5.92 Å². The fraction of sp³-hybridized carbons (Fsp3) is 0.630. The maximum atomic E-state index is 15.0. The molecule has 4 aliphatic rings. The van der Waals surface area contributed by atoms with Crippen LogP contribution in [0.25, 0.3) is 0 Å². The Morgan fingerprint density at radius 1 is 1.06 bits per heavy atom. The second-order valence-electron chi connectivity index (χ2n) is 10.5. The van der Waals surface area contributed by atoms with Crippen molar-refractivity contribution < 1.29 is 14.0 Å². The fourth-order valence-corrected chi connectivity index (χ4v) is 6.38. The second kappa shape index (κ2) is 9.57. The zero-order chi connectivity index (χ0) is 22.9. The molecule has 2 heterocycles. The molecule has 4 atom stereocenters. The summed E-state index contributed by atoms with van der Waals surface area (Å²) in [4.78, 5) is 27.1. The average molecular weight is 454 g/mol. The quantitative estimate of drug-likeness (QED) is 0.694. The fourth-order valence-electron chi connectivity index (χ4n) is 6.38. The molecule has 0 spiro atoms. The minimum absolute atomic E-state index is 0.0671. The summed E-state index contributed by atoms with van der Waals surface area (Å²) in [5, 5.41) is 6.50. The van der Waals surface area contributed by atoms with E-state index in [0.29, 0.717) is 37.4 Å². The topological polar surface area (TPSA) is 61.4 Å². The molecule has 5 nitrogen and oxygen atoms in total. The Kier molecular flexibility index (Phi) is 6.55. The minimum atomic E-state index is -0.781. The molecule has 0 bridgehead atoms. The van der Waals surface area contributed by atoms with Crippen molar-refractivity contribution in [1.29, 1.82) is 0 Å². The number of hydrogen-bond donors (Lipinski definition) is 2. The van der Waals surface area contributed by atoms with Gasteiger partial charge in [-0.2, -0.15) is 0 Å². The van der Waals surface area contributed by atoms with Gasteiger partial charge in [-0.05, 0) is 68.1 Å². The summed E-state index contributed by atoms with van der Waals surface area (Å²) in [6.45, 7) is 4.30. The van der Waals surface area contributed by atoms with Gasteiger partial charge in [0.1, 0.15) is 12.2 Å². The molecule has 2 N–H and O–H groups in total. The van der Waals surface area contributed by atoms with Gasteiger partial charge in [-0.25, -0.2) is 4.39 Å². The number of halogens is 1. The van der Waals surface area contributed by atoms with Gasteiger partial charge in [0.15, 0.2) is 0 Å². The zero-order valence-electron chi connectivity index (χ0n) is 19.5. The lowest BCUT2D eigenvalue weighted by atomic mass is 9.78. The Labute approximate surface area is 196 Å². The molecule has 5 rings (SSSR count). The van der Waals surface area contributed by atoms with Gasteiger partial charge in [0.25, 0.3) is 5.91 Å². The SMILES string of the molecule is C=C1CCC(N2Cc3cc(C[C@H]4CCC[C@H](F)[C@@H]4NC4CCCCC4)ccc3C2=O)C(=O)N1. The number of hydrogen-bond acceptors (Lipinski definition) is 3. The number of amides is 2. The van der Waals surface area contributed by atoms with Crippen LogP contribution < -0.4 is 10.6 Å². The Balaban J connectivity index is 1.28. The number of carbonyl (C=O) groups excluding carboxylic acids is 2. The molecule has 33 heavy (non-hydrogen) atoms. The normalized spacial score (nSPS) is 30.9. The Bertz CT molecular complexity index is 926. The second-order valence-corrected chi connectivity index (χ2v) is 10.5. The molecule has 2 aliphatic carbocycles. The molecule has 2 saturated carbocycles. The molecule has 6 heteroatoms. The lowest BCUT2D eigenvalue weighted by Crippen LogP contribution is -2.51. The van der Waals surface area contributed by atoms with Gasteiger partial charge < -0.3 is 15.5 Å². The standard InChI is InChI=1S/C27H36FN3O2/c1-17-10-13-24(26(32)29-17)31-16-20-15-18(11-12-22(20)27(31)33)14-19-6-5-9-23(28)25(19)30-21-7-3-2-4-8-21/h11-12,15,19,21,23-25,30H,1-10,13-14,16H2,(H,29,32)/t19-,23+,24?,25-/m1/s1. The molecule has 3 fully saturated rings. The van der Waals surface area contributed by atoms with Crippen LogP contribution in [0.15, 0.2) is 30.5 Å². The number of rotatable bonds is 5. The summed E-state index contributed by atoms with van der Waals surface area (Å²) in [5.41, 5.74) is 3.57. The van der Waals surface area contributed by atoms with Crippen LogP contribution >= 0.6 is 0 Å². The van der Waals surface area contributed by atoms with E-state index in [1.54, 1.807) is 4.90 Å². The third-order valence-corrected chi connectivity index (χ3v) is 8.18. The maximum Gasteiger partial charge on any atom is 0.255 e. The lowest BCUT2D eigenvalue weighted by molar-refractivity contribution is -0.126. The molecule has 0 radical (unpaired) electrons. The summed E-state index contributed by atoms with van der Waals surface area (Å²) in [6, 6.07) is 5.99. The Morgan fingerprint density at radius 3 is 2.67 bits per heavy atom. The number of alkyl halides is 1. The van der Waals surface area contributed by atoms with E-state index < -0.39 is 12.2 Å². The molecule has 0 aromatic heterocycles. The van der Waals surface area contributed by atoms with Crippen molar-refractivity contribution >= 4 is 11.8 Å². The van der Waals surface area contributed by atoms with E-state index in [9.17, 15) is 14.0 Å². The number of nitrogens with one attached hydrogen (secondary N) is 2. The highest BCUT2D eigenvalue weighted by atomic mass is 19.1. The van der Waals surface area contributed by atoms with Crippen molar-refractivity contribution in [3.05, 3.63) is 47.2 Å². The van der Waals surface area contributed by atoms with Crippen molar-refractivity contribution in [2.75, 3.05) is 0 Å². The molecule has 178 valence electrons. The van der Waals surface area contributed by atoms with Crippen LogP contribution in [-0.2, 0) is 17.8 Å². The van der Waals surface area contributed by atoms with Crippen LogP contribution in [0.5, 0.6) is 0 Å². The summed E-state index contributed by atoms with van der Waals surface area (Å²) in [5.74, 6) is 0.0695. The third kappa shape index (κ3) is 4.72. The maximum absolute atomic E-state index is 15.0. The lowest BCUT2D eigenvalue weighted by Gasteiger charge is -2.38. The van der Waals surface area contributed by atoms with Gasteiger partial charge in [0.05, 0.1) is 0 Å². The van der Waals surface area contributed by atoms with Gasteiger partial charge in [-0.15, -0.1) is 0 Å². The molecule has 1 aromatic rings. The molecule has 2 aliphatic heterocycles. The van der Waals surface area contributed by atoms with E-state index in [4.69, 9.17) is 0 Å². The first-order chi connectivity index (χ1) is 16.0. The third-order valence-electron chi connectivity index (χ3n) is 8.18. The van der Waals surface area contributed by atoms with Crippen LogP contribution in [0.3, 0.4) is 0 Å². The molecular weight excluding hydrogens is 417 g/mol. The predicted molar refractivity (Wildman–Crippen MR) is 126 cm³/mol. The smallest absolute Gasteiger partial charge is 0.255 e. The van der Waals surface area contributed by atoms with E-state index in [1.807, 2.05) is 12.1 Å². The largest absolute Gasteiger partial charge is 0.329 e. The van der Waals surface area contributed by atoms with E-state index in [0.717, 1.165) is 43.4 Å². The van der Waals surface area contributed by atoms with Crippen LogP contribution in [0.2, 0.25) is 0 Å². The van der Waals surface area contributed by atoms with E-state index >= 15 is 0 Å². The van der Waals surface area contributed by atoms with Crippen molar-refractivity contribution in [1.82, 2.24) is 15.5 Å². The van der Waals surface area contributed by atoms with Crippen LogP contribution in [0, 0.1) is 5.92 Å². The minimum Gasteiger partial charge on any atom is -0.329 e. The number of benzene rings is 1. The Hall–Kier alpha value is -2.21. The summed E-state index contributed by atoms with van der Waals surface area (Å²) in [6.07, 6.45) is 10.1. The number of nitrogens with zero attached hydrogens (tertiary/aromatic N) is 1. The van der Waals surface area contributed by atoms with Gasteiger partial charge in [0.2, 0.25) is 5.91 Å². The van der Waals surface area contributed by atoms with Crippen LogP contribution in [0.1, 0.15) is 85.7 Å². The van der Waals surface area contributed by atoms with Crippen molar-refractivity contribution in [2.45, 2.75) is 101 Å². The van der Waals surface area contributed by atoms with Gasteiger partial charge >= 0.3 is 0 Å². The molecule has 1 saturated heterocycles. The van der Waals surface area contributed by atoms with E-state index in [-0.39, 0.29) is 23.8 Å². The summed E-state index contributed by atoms with van der Waals surface area (Å²) < 4.78 is 15.0. The predicted octanol–water partition coefficient (Wildman–Crippen LogP) is 4.41. The van der Waals surface area contributed by atoms with E-state index in [1.165, 1.54) is 24.8 Å². The first kappa shape index (κ1) is 22.6. The van der Waals surface area contributed by atoms with Crippen LogP contribution in [0.4, 0.5) is 4.39 Å². The number of fused-ring (bicyclic) bond motifs is 1. The number of allylic oxidation sites excluding steroid dienone is 1. The van der Waals surface area contributed by atoms with Crippen molar-refractivity contribution in [3.63, 3.8) is 0 Å². The molecular formula is C27H36FN3O2. The highest BCUT2D eigenvalue weighted by molar-refractivity contribution is 6.01. The molecule has 1 aromatic carbocycles.